The summed E-state index contributed by atoms with van der Waals surface area (Å²) in [5, 5.41) is 14.4. The maximum Gasteiger partial charge on any atom is 0.341 e. The Morgan fingerprint density at radius 1 is 1.12 bits per heavy atom. The molecule has 3 aromatic rings. The molecule has 0 saturated carbocycles. The van der Waals surface area contributed by atoms with Crippen LogP contribution < -0.4 is 10.1 Å². The summed E-state index contributed by atoms with van der Waals surface area (Å²) in [6.45, 7) is 2.74. The number of esters is 1. The number of unbranched alkanes of at least 4 members (excludes halogenated alkanes) is 1. The molecule has 7 heteroatoms. The highest BCUT2D eigenvalue weighted by molar-refractivity contribution is 7.15. The van der Waals surface area contributed by atoms with Gasteiger partial charge in [-0.05, 0) is 35.8 Å². The standard InChI is InChI=1S/C26H24N2O4S/c1-3-4-14-32-21-12-10-18(11-13-21)15-20(16-27)24(29)28-25-23(26(30)31-2)22(17-33-25)19-8-6-5-7-9-19/h5-13,15,17H,3-4,14H2,1-2H3,(H,28,29). The first-order valence-corrected chi connectivity index (χ1v) is 11.4. The molecule has 0 fully saturated rings. The summed E-state index contributed by atoms with van der Waals surface area (Å²) in [6.07, 6.45) is 3.52. The van der Waals surface area contributed by atoms with Crippen LogP contribution in [-0.2, 0) is 9.53 Å². The number of anilines is 1. The average molecular weight is 461 g/mol. The first kappa shape index (κ1) is 23.8. The van der Waals surface area contributed by atoms with Gasteiger partial charge in [0.15, 0.2) is 0 Å². The van der Waals surface area contributed by atoms with Crippen molar-refractivity contribution in [2.75, 3.05) is 19.0 Å². The van der Waals surface area contributed by atoms with Gasteiger partial charge in [0.05, 0.1) is 13.7 Å². The second-order valence-corrected chi connectivity index (χ2v) is 7.99. The third-order valence-corrected chi connectivity index (χ3v) is 5.71. The van der Waals surface area contributed by atoms with Gasteiger partial charge in [0, 0.05) is 10.9 Å². The van der Waals surface area contributed by atoms with Gasteiger partial charge in [-0.15, -0.1) is 11.3 Å². The lowest BCUT2D eigenvalue weighted by atomic mass is 10.0. The van der Waals surface area contributed by atoms with Crippen LogP contribution in [0.25, 0.3) is 17.2 Å². The van der Waals surface area contributed by atoms with E-state index >= 15 is 0 Å². The predicted molar refractivity (Wildman–Crippen MR) is 130 cm³/mol. The molecular weight excluding hydrogens is 436 g/mol. The number of nitrogens with one attached hydrogen (secondary N) is 1. The average Bonchev–Trinajstić information content (AvgIpc) is 3.27. The molecule has 6 nitrogen and oxygen atoms in total. The fraction of sp³-hybridized carbons (Fsp3) is 0.192. The van der Waals surface area contributed by atoms with Crippen molar-refractivity contribution in [2.24, 2.45) is 0 Å². The van der Waals surface area contributed by atoms with E-state index in [-0.39, 0.29) is 11.1 Å². The molecule has 0 aliphatic heterocycles. The fourth-order valence-corrected chi connectivity index (χ4v) is 4.02. The number of thiophene rings is 1. The Morgan fingerprint density at radius 3 is 2.48 bits per heavy atom. The zero-order valence-corrected chi connectivity index (χ0v) is 19.3. The van der Waals surface area contributed by atoms with Crippen molar-refractivity contribution < 1.29 is 19.1 Å². The van der Waals surface area contributed by atoms with Gasteiger partial charge in [0.25, 0.3) is 5.91 Å². The zero-order chi connectivity index (χ0) is 23.6. The van der Waals surface area contributed by atoms with Gasteiger partial charge in [-0.3, -0.25) is 4.79 Å². The minimum absolute atomic E-state index is 0.0832. The molecular formula is C26H24N2O4S. The third kappa shape index (κ3) is 6.09. The van der Waals surface area contributed by atoms with Crippen molar-refractivity contribution in [3.05, 3.63) is 76.7 Å². The van der Waals surface area contributed by atoms with Crippen molar-refractivity contribution in [3.8, 4) is 22.9 Å². The Kier molecular flexibility index (Phi) is 8.39. The van der Waals surface area contributed by atoms with Crippen molar-refractivity contribution >= 4 is 34.3 Å². The minimum atomic E-state index is -0.604. The van der Waals surface area contributed by atoms with Gasteiger partial charge in [0.2, 0.25) is 0 Å². The monoisotopic (exact) mass is 460 g/mol. The quantitative estimate of drug-likeness (QED) is 0.185. The normalized spacial score (nSPS) is 10.9. The second-order valence-electron chi connectivity index (χ2n) is 7.11. The number of methoxy groups -OCH3 is 1. The number of amides is 1. The van der Waals surface area contributed by atoms with Crippen LogP contribution in [0.15, 0.2) is 65.6 Å². The molecule has 168 valence electrons. The van der Waals surface area contributed by atoms with Crippen LogP contribution >= 0.6 is 11.3 Å². The van der Waals surface area contributed by atoms with Gasteiger partial charge in [-0.1, -0.05) is 55.8 Å². The van der Waals surface area contributed by atoms with Crippen LogP contribution in [0.5, 0.6) is 5.75 Å². The van der Waals surface area contributed by atoms with Gasteiger partial charge >= 0.3 is 5.97 Å². The van der Waals surface area contributed by atoms with Gasteiger partial charge in [-0.2, -0.15) is 5.26 Å². The molecule has 0 bridgehead atoms. The van der Waals surface area contributed by atoms with E-state index in [2.05, 4.69) is 12.2 Å². The number of hydrogen-bond donors (Lipinski definition) is 1. The Bertz CT molecular complexity index is 1180. The van der Waals surface area contributed by atoms with Gasteiger partial charge in [-0.25, -0.2) is 4.79 Å². The van der Waals surface area contributed by atoms with Crippen LogP contribution in [0.3, 0.4) is 0 Å². The number of carbonyl (C=O) groups excluding carboxylic acids is 2. The fourth-order valence-electron chi connectivity index (χ4n) is 3.07. The van der Waals surface area contributed by atoms with E-state index in [9.17, 15) is 14.9 Å². The summed E-state index contributed by atoms with van der Waals surface area (Å²) in [5.74, 6) is -0.433. The Labute approximate surface area is 197 Å². The van der Waals surface area contributed by atoms with Crippen molar-refractivity contribution in [1.29, 1.82) is 5.26 Å². The number of nitriles is 1. The number of ether oxygens (including phenoxy) is 2. The van der Waals surface area contributed by atoms with Crippen LogP contribution in [0.4, 0.5) is 5.00 Å². The van der Waals surface area contributed by atoms with E-state index in [0.29, 0.717) is 22.7 Å². The Morgan fingerprint density at radius 2 is 1.85 bits per heavy atom. The molecule has 0 saturated heterocycles. The van der Waals surface area contributed by atoms with E-state index in [1.54, 1.807) is 29.6 Å². The summed E-state index contributed by atoms with van der Waals surface area (Å²) in [5.41, 5.74) is 2.35. The Hall–Kier alpha value is -3.89. The molecule has 0 spiro atoms. The number of hydrogen-bond acceptors (Lipinski definition) is 6. The van der Waals surface area contributed by atoms with E-state index in [1.807, 2.05) is 36.4 Å². The minimum Gasteiger partial charge on any atom is -0.494 e. The third-order valence-electron chi connectivity index (χ3n) is 4.82. The summed E-state index contributed by atoms with van der Waals surface area (Å²) in [4.78, 5) is 25.3. The maximum atomic E-state index is 12.8. The van der Waals surface area contributed by atoms with Crippen LogP contribution in [0.1, 0.15) is 35.7 Å². The van der Waals surface area contributed by atoms with E-state index in [0.717, 1.165) is 24.2 Å². The number of rotatable bonds is 9. The molecule has 0 unspecified atom stereocenters. The van der Waals surface area contributed by atoms with Crippen LogP contribution in [0, 0.1) is 11.3 Å². The van der Waals surface area contributed by atoms with Gasteiger partial charge < -0.3 is 14.8 Å². The van der Waals surface area contributed by atoms with E-state index in [1.165, 1.54) is 24.5 Å². The van der Waals surface area contributed by atoms with E-state index < -0.39 is 11.9 Å². The topological polar surface area (TPSA) is 88.4 Å². The molecule has 1 heterocycles. The maximum absolute atomic E-state index is 12.8. The lowest BCUT2D eigenvalue weighted by Gasteiger charge is -2.08. The van der Waals surface area contributed by atoms with Crippen molar-refractivity contribution in [3.63, 3.8) is 0 Å². The smallest absolute Gasteiger partial charge is 0.341 e. The highest BCUT2D eigenvalue weighted by atomic mass is 32.1. The van der Waals surface area contributed by atoms with Crippen molar-refractivity contribution in [1.82, 2.24) is 0 Å². The summed E-state index contributed by atoms with van der Waals surface area (Å²) < 4.78 is 10.6. The number of nitrogens with zero attached hydrogens (tertiary/aromatic N) is 1. The van der Waals surface area contributed by atoms with Gasteiger partial charge in [0.1, 0.15) is 28.0 Å². The number of benzene rings is 2. The summed E-state index contributed by atoms with van der Waals surface area (Å²) in [6, 6.07) is 18.5. The Balaban J connectivity index is 1.81. The highest BCUT2D eigenvalue weighted by Crippen LogP contribution is 2.36. The highest BCUT2D eigenvalue weighted by Gasteiger charge is 2.23. The summed E-state index contributed by atoms with van der Waals surface area (Å²) in [7, 11) is 1.29. The molecule has 0 aliphatic carbocycles. The van der Waals surface area contributed by atoms with Crippen LogP contribution in [-0.4, -0.2) is 25.6 Å². The largest absolute Gasteiger partial charge is 0.494 e. The molecule has 1 amide bonds. The molecule has 1 aromatic heterocycles. The van der Waals surface area contributed by atoms with Crippen LogP contribution in [0.2, 0.25) is 0 Å². The lowest BCUT2D eigenvalue weighted by Crippen LogP contribution is -2.15. The first-order valence-electron chi connectivity index (χ1n) is 10.5. The molecule has 0 aliphatic rings. The van der Waals surface area contributed by atoms with E-state index in [4.69, 9.17) is 9.47 Å². The lowest BCUT2D eigenvalue weighted by molar-refractivity contribution is -0.112. The SMILES string of the molecule is CCCCOc1ccc(C=C(C#N)C(=O)Nc2scc(-c3ccccc3)c2C(=O)OC)cc1. The first-order chi connectivity index (χ1) is 16.1. The van der Waals surface area contributed by atoms with Crippen molar-refractivity contribution in [2.45, 2.75) is 19.8 Å². The molecule has 1 N–H and O–H groups in total. The molecule has 2 aromatic carbocycles. The predicted octanol–water partition coefficient (Wildman–Crippen LogP) is 5.93. The molecule has 3 rings (SSSR count). The number of carbonyl (C=O) groups is 2. The molecule has 33 heavy (non-hydrogen) atoms. The zero-order valence-electron chi connectivity index (χ0n) is 18.5. The second kappa shape index (κ2) is 11.7. The molecule has 0 atom stereocenters. The summed E-state index contributed by atoms with van der Waals surface area (Å²) >= 11 is 1.20. The molecule has 0 radical (unpaired) electrons.